The number of thiazole rings is 1. The third-order valence-corrected chi connectivity index (χ3v) is 14.2. The van der Waals surface area contributed by atoms with Crippen molar-refractivity contribution in [1.82, 2.24) is 30.2 Å². The summed E-state index contributed by atoms with van der Waals surface area (Å²) in [7, 11) is -2.44. The summed E-state index contributed by atoms with van der Waals surface area (Å²) < 4.78 is 45.2. The standard InChI is InChI=1S/C41H54N6O9S2/c1-12-25-18-41(25,36(50)46-58(52,53)40(10)15-16-40)45-33(48)29-19-39(9,21-47(29)35(49)24(5)42-37(51)56-38(6,7)8)55-31-17-27(34-44-28(20-57-34)22(2)3)43-32-23(4)30(54-11)14-13-26(31)32/h12-14,17,20,22,24-25,29H,1,15-16,18-19,21H2,2-11H3,(H,42,51)(H,45,48)(H,46,50)/t24-,25+,29-,39?,41+/m0/s1. The number of fused-ring (bicyclic) bond motifs is 1. The number of amides is 4. The summed E-state index contributed by atoms with van der Waals surface area (Å²) in [6.07, 6.45) is 1.60. The average molecular weight is 839 g/mol. The molecule has 1 unspecified atom stereocenters. The highest BCUT2D eigenvalue weighted by Gasteiger charge is 2.63. The van der Waals surface area contributed by atoms with E-state index in [2.05, 4.69) is 35.8 Å². The van der Waals surface area contributed by atoms with E-state index in [1.54, 1.807) is 47.8 Å². The molecule has 3 fully saturated rings. The van der Waals surface area contributed by atoms with Crippen molar-refractivity contribution in [3.05, 3.63) is 47.5 Å². The van der Waals surface area contributed by atoms with Gasteiger partial charge in [-0.1, -0.05) is 19.9 Å². The molecule has 4 amide bonds. The lowest BCUT2D eigenvalue weighted by Crippen LogP contribution is -2.58. The maximum atomic E-state index is 14.5. The lowest BCUT2D eigenvalue weighted by atomic mass is 10.0. The molecule has 2 saturated carbocycles. The van der Waals surface area contributed by atoms with Crippen LogP contribution in [0.4, 0.5) is 4.79 Å². The Kier molecular flexibility index (Phi) is 11.2. The second-order valence-corrected chi connectivity index (χ2v) is 20.6. The van der Waals surface area contributed by atoms with Gasteiger partial charge in [-0.3, -0.25) is 19.1 Å². The van der Waals surface area contributed by atoms with Crippen LogP contribution in [-0.4, -0.2) is 94.3 Å². The van der Waals surface area contributed by atoms with Gasteiger partial charge in [0.05, 0.1) is 29.6 Å². The van der Waals surface area contributed by atoms with Crippen molar-refractivity contribution in [1.29, 1.82) is 0 Å². The molecule has 1 aliphatic heterocycles. The first-order valence-corrected chi connectivity index (χ1v) is 21.8. The minimum atomic E-state index is -4.02. The van der Waals surface area contributed by atoms with Crippen LogP contribution in [0, 0.1) is 12.8 Å². The number of methoxy groups -OCH3 is 1. The highest BCUT2D eigenvalue weighted by molar-refractivity contribution is 7.91. The summed E-state index contributed by atoms with van der Waals surface area (Å²) in [5, 5.41) is 8.74. The third kappa shape index (κ3) is 8.38. The molecule has 5 atom stereocenters. The average Bonchev–Trinajstić information content (AvgIpc) is 3.94. The first-order valence-electron chi connectivity index (χ1n) is 19.4. The fraction of sp³-hybridized carbons (Fsp3) is 0.561. The molecule has 0 spiro atoms. The molecular weight excluding hydrogens is 785 g/mol. The van der Waals surface area contributed by atoms with Crippen molar-refractivity contribution in [2.24, 2.45) is 5.92 Å². The second kappa shape index (κ2) is 15.1. The quantitative estimate of drug-likeness (QED) is 0.184. The molecule has 3 heterocycles. The lowest BCUT2D eigenvalue weighted by Gasteiger charge is -2.30. The third-order valence-electron chi connectivity index (χ3n) is 11.1. The number of pyridine rings is 1. The molecule has 17 heteroatoms. The molecule has 15 nitrogen and oxygen atoms in total. The Morgan fingerprint density at radius 3 is 2.33 bits per heavy atom. The van der Waals surface area contributed by atoms with E-state index in [1.165, 1.54) is 29.2 Å². The summed E-state index contributed by atoms with van der Waals surface area (Å²) in [5.74, 6) is -1.43. The van der Waals surface area contributed by atoms with Gasteiger partial charge in [-0.15, -0.1) is 17.9 Å². The predicted octanol–water partition coefficient (Wildman–Crippen LogP) is 5.51. The number of hydrogen-bond acceptors (Lipinski definition) is 12. The number of alkyl carbamates (subject to hydrolysis) is 1. The van der Waals surface area contributed by atoms with Gasteiger partial charge in [0.2, 0.25) is 21.8 Å². The number of benzene rings is 1. The molecule has 314 valence electrons. The van der Waals surface area contributed by atoms with Crippen molar-refractivity contribution in [2.75, 3.05) is 13.7 Å². The number of rotatable bonds is 13. The fourth-order valence-electron chi connectivity index (χ4n) is 7.24. The zero-order chi connectivity index (χ0) is 42.7. The Bertz CT molecular complexity index is 2280. The number of likely N-dealkylation sites (tertiary alicyclic amines) is 1. The van der Waals surface area contributed by atoms with E-state index in [0.29, 0.717) is 45.9 Å². The van der Waals surface area contributed by atoms with Gasteiger partial charge in [0.15, 0.2) is 0 Å². The van der Waals surface area contributed by atoms with Crippen LogP contribution >= 0.6 is 11.3 Å². The molecule has 3 aliphatic rings. The fourth-order valence-corrected chi connectivity index (χ4v) is 9.49. The molecule has 0 bridgehead atoms. The van der Waals surface area contributed by atoms with Crippen molar-refractivity contribution >= 4 is 56.1 Å². The molecular formula is C41H54N6O9S2. The number of ether oxygens (including phenoxy) is 3. The van der Waals surface area contributed by atoms with Gasteiger partial charge in [-0.25, -0.2) is 23.2 Å². The number of hydrogen-bond donors (Lipinski definition) is 3. The number of aryl methyl sites for hydroxylation is 1. The van der Waals surface area contributed by atoms with Gasteiger partial charge < -0.3 is 29.7 Å². The van der Waals surface area contributed by atoms with Gasteiger partial charge in [-0.05, 0) is 85.8 Å². The van der Waals surface area contributed by atoms with E-state index in [4.69, 9.17) is 24.2 Å². The van der Waals surface area contributed by atoms with Crippen molar-refractivity contribution < 1.29 is 41.8 Å². The zero-order valence-electron chi connectivity index (χ0n) is 34.8. The minimum absolute atomic E-state index is 0.0282. The Morgan fingerprint density at radius 2 is 1.76 bits per heavy atom. The molecule has 6 rings (SSSR count). The molecule has 2 aromatic heterocycles. The van der Waals surface area contributed by atoms with Crippen LogP contribution in [0.5, 0.6) is 11.5 Å². The van der Waals surface area contributed by atoms with E-state index in [1.807, 2.05) is 24.4 Å². The largest absolute Gasteiger partial charge is 0.496 e. The summed E-state index contributed by atoms with van der Waals surface area (Å²) in [6, 6.07) is 3.14. The van der Waals surface area contributed by atoms with Crippen molar-refractivity contribution in [2.45, 2.75) is 127 Å². The van der Waals surface area contributed by atoms with E-state index in [9.17, 15) is 27.6 Å². The smallest absolute Gasteiger partial charge is 0.408 e. The molecule has 3 aromatic rings. The number of carbonyl (C=O) groups is 4. The summed E-state index contributed by atoms with van der Waals surface area (Å²) in [4.78, 5) is 66.4. The van der Waals surface area contributed by atoms with E-state index in [0.717, 1.165) is 11.3 Å². The number of sulfonamides is 1. The van der Waals surface area contributed by atoms with Crippen LogP contribution in [0.1, 0.15) is 98.2 Å². The number of aromatic nitrogens is 2. The van der Waals surface area contributed by atoms with Crippen LogP contribution in [0.2, 0.25) is 0 Å². The first kappa shape index (κ1) is 42.8. The van der Waals surface area contributed by atoms with Crippen molar-refractivity contribution in [3.8, 4) is 22.2 Å². The van der Waals surface area contributed by atoms with Crippen molar-refractivity contribution in [3.63, 3.8) is 0 Å². The predicted molar refractivity (Wildman–Crippen MR) is 220 cm³/mol. The number of nitrogens with one attached hydrogen (secondary N) is 3. The minimum Gasteiger partial charge on any atom is -0.496 e. The van der Waals surface area contributed by atoms with Crippen LogP contribution in [0.15, 0.2) is 36.2 Å². The Hall–Kier alpha value is -4.77. The molecule has 1 aromatic carbocycles. The maximum absolute atomic E-state index is 14.5. The molecule has 1 saturated heterocycles. The number of nitrogens with zero attached hydrogens (tertiary/aromatic N) is 3. The highest BCUT2D eigenvalue weighted by atomic mass is 32.2. The van der Waals surface area contributed by atoms with Crippen LogP contribution in [0.3, 0.4) is 0 Å². The summed E-state index contributed by atoms with van der Waals surface area (Å²) in [6.45, 7) is 19.7. The van der Waals surface area contributed by atoms with Crippen LogP contribution < -0.4 is 24.8 Å². The SMILES string of the molecule is C=C[C@@H]1C[C@]1(NC(=O)[C@@H]1CC(C)(Oc2cc(-c3nc(C(C)C)cs3)nc3c(C)c(OC)ccc23)CN1C(=O)[C@H](C)NC(=O)OC(C)(C)C)C(=O)NS(=O)(=O)C1(C)CC1. The van der Waals surface area contributed by atoms with Gasteiger partial charge >= 0.3 is 6.09 Å². The molecule has 58 heavy (non-hydrogen) atoms. The van der Waals surface area contributed by atoms with E-state index in [-0.39, 0.29) is 25.3 Å². The maximum Gasteiger partial charge on any atom is 0.408 e. The normalized spacial score (nSPS) is 24.2. The first-order chi connectivity index (χ1) is 26.9. The lowest BCUT2D eigenvalue weighted by molar-refractivity contribution is -0.141. The Labute approximate surface area is 343 Å². The van der Waals surface area contributed by atoms with Gasteiger partial charge in [0.1, 0.15) is 51.0 Å². The Balaban J connectivity index is 1.36. The summed E-state index contributed by atoms with van der Waals surface area (Å²) >= 11 is 1.46. The topological polar surface area (TPSA) is 195 Å². The van der Waals surface area contributed by atoms with Gasteiger partial charge in [0, 0.05) is 34.7 Å². The summed E-state index contributed by atoms with van der Waals surface area (Å²) in [5.41, 5.74) is -0.725. The molecule has 2 aliphatic carbocycles. The van der Waals surface area contributed by atoms with Crippen LogP contribution in [0.25, 0.3) is 21.6 Å². The van der Waals surface area contributed by atoms with Crippen LogP contribution in [-0.2, 0) is 29.1 Å². The second-order valence-electron chi connectivity index (χ2n) is 17.5. The highest BCUT2D eigenvalue weighted by Crippen LogP contribution is 2.48. The molecule has 0 radical (unpaired) electrons. The van der Waals surface area contributed by atoms with Gasteiger partial charge in [-0.2, -0.15) is 0 Å². The monoisotopic (exact) mass is 838 g/mol. The van der Waals surface area contributed by atoms with Gasteiger partial charge in [0.25, 0.3) is 5.91 Å². The Morgan fingerprint density at radius 1 is 1.07 bits per heavy atom. The molecule has 3 N–H and O–H groups in total. The van der Waals surface area contributed by atoms with E-state index < -0.39 is 73.3 Å². The zero-order valence-corrected chi connectivity index (χ0v) is 36.4. The van der Waals surface area contributed by atoms with E-state index >= 15 is 0 Å². The number of carbonyl (C=O) groups excluding carboxylic acids is 4.